The zero-order valence-electron chi connectivity index (χ0n) is 8.81. The summed E-state index contributed by atoms with van der Waals surface area (Å²) in [6.45, 7) is 2.01. The van der Waals surface area contributed by atoms with E-state index in [4.69, 9.17) is 0 Å². The number of rotatable bonds is 2. The van der Waals surface area contributed by atoms with Crippen molar-refractivity contribution in [3.63, 3.8) is 0 Å². The third-order valence-electron chi connectivity index (χ3n) is 2.02. The number of nitrogens with zero attached hydrogens (tertiary/aromatic N) is 1. The minimum atomic E-state index is -1.94. The van der Waals surface area contributed by atoms with E-state index >= 15 is 0 Å². The standard InChI is InChI=1S/C9H7F3N2O3/c1-3-5(10)9(14(16)17)7(12)6(11)8(3)13-4(2)15/h1-2H3,(H,13,15). The third-order valence-corrected chi connectivity index (χ3v) is 2.02. The maximum atomic E-state index is 13.4. The van der Waals surface area contributed by atoms with Gasteiger partial charge in [0.1, 0.15) is 0 Å². The first kappa shape index (κ1) is 12.9. The van der Waals surface area contributed by atoms with Crippen molar-refractivity contribution in [2.45, 2.75) is 13.8 Å². The van der Waals surface area contributed by atoms with Crippen molar-refractivity contribution >= 4 is 17.3 Å². The molecule has 1 aromatic rings. The van der Waals surface area contributed by atoms with Gasteiger partial charge in [0.2, 0.25) is 17.5 Å². The van der Waals surface area contributed by atoms with Crippen LogP contribution in [0.3, 0.4) is 0 Å². The second-order valence-electron chi connectivity index (χ2n) is 3.23. The van der Waals surface area contributed by atoms with E-state index in [0.29, 0.717) is 0 Å². The lowest BCUT2D eigenvalue weighted by atomic mass is 10.1. The van der Waals surface area contributed by atoms with Crippen molar-refractivity contribution in [2.75, 3.05) is 5.32 Å². The van der Waals surface area contributed by atoms with Gasteiger partial charge in [0.05, 0.1) is 10.6 Å². The second-order valence-corrected chi connectivity index (χ2v) is 3.23. The molecule has 1 N–H and O–H groups in total. The quantitative estimate of drug-likeness (QED) is 0.495. The summed E-state index contributed by atoms with van der Waals surface area (Å²) in [6.07, 6.45) is 0. The highest BCUT2D eigenvalue weighted by atomic mass is 19.2. The van der Waals surface area contributed by atoms with E-state index in [2.05, 4.69) is 0 Å². The normalized spacial score (nSPS) is 10.2. The molecule has 5 nitrogen and oxygen atoms in total. The van der Waals surface area contributed by atoms with Crippen LogP contribution in [0.5, 0.6) is 0 Å². The van der Waals surface area contributed by atoms with E-state index in [1.807, 2.05) is 5.32 Å². The summed E-state index contributed by atoms with van der Waals surface area (Å²) in [5, 5.41) is 12.2. The van der Waals surface area contributed by atoms with Crippen molar-refractivity contribution in [1.82, 2.24) is 0 Å². The molecule has 0 radical (unpaired) electrons. The van der Waals surface area contributed by atoms with Crippen LogP contribution in [-0.4, -0.2) is 10.8 Å². The van der Waals surface area contributed by atoms with Gasteiger partial charge in [-0.3, -0.25) is 14.9 Å². The number of anilines is 1. The van der Waals surface area contributed by atoms with Gasteiger partial charge in [-0.1, -0.05) is 0 Å². The molecule has 1 amide bonds. The molecule has 8 heteroatoms. The fraction of sp³-hybridized carbons (Fsp3) is 0.222. The van der Waals surface area contributed by atoms with E-state index in [9.17, 15) is 28.1 Å². The van der Waals surface area contributed by atoms with Crippen molar-refractivity contribution in [3.05, 3.63) is 33.1 Å². The van der Waals surface area contributed by atoms with Crippen molar-refractivity contribution < 1.29 is 22.9 Å². The molecule has 92 valence electrons. The molecule has 0 aromatic heterocycles. The van der Waals surface area contributed by atoms with Gasteiger partial charge in [-0.15, -0.1) is 0 Å². The number of hydrogen-bond acceptors (Lipinski definition) is 3. The molecule has 0 atom stereocenters. The number of benzene rings is 1. The van der Waals surface area contributed by atoms with Gasteiger partial charge >= 0.3 is 5.69 Å². The highest BCUT2D eigenvalue weighted by molar-refractivity contribution is 5.90. The molecule has 0 aliphatic heterocycles. The molecule has 0 aliphatic carbocycles. The largest absolute Gasteiger partial charge is 0.343 e. The van der Waals surface area contributed by atoms with Gasteiger partial charge in [-0.2, -0.15) is 8.78 Å². The van der Waals surface area contributed by atoms with Crippen LogP contribution in [-0.2, 0) is 4.79 Å². The molecule has 0 saturated heterocycles. The predicted octanol–water partition coefficient (Wildman–Crippen LogP) is 2.28. The van der Waals surface area contributed by atoms with E-state index in [-0.39, 0.29) is 0 Å². The monoisotopic (exact) mass is 248 g/mol. The molecule has 0 spiro atoms. The highest BCUT2D eigenvalue weighted by Crippen LogP contribution is 2.33. The number of amides is 1. The smallest absolute Gasteiger partial charge is 0.323 e. The molecular weight excluding hydrogens is 241 g/mol. The molecule has 0 aliphatic rings. The summed E-state index contributed by atoms with van der Waals surface area (Å²) in [5.74, 6) is -5.87. The Kier molecular flexibility index (Phi) is 3.35. The van der Waals surface area contributed by atoms with Crippen LogP contribution >= 0.6 is 0 Å². The Morgan fingerprint density at radius 3 is 2.18 bits per heavy atom. The highest BCUT2D eigenvalue weighted by Gasteiger charge is 2.31. The van der Waals surface area contributed by atoms with Gasteiger partial charge in [0, 0.05) is 12.5 Å². The maximum Gasteiger partial charge on any atom is 0.343 e. The Bertz CT molecular complexity index is 488. The molecule has 0 bridgehead atoms. The Morgan fingerprint density at radius 1 is 1.24 bits per heavy atom. The zero-order valence-corrected chi connectivity index (χ0v) is 8.81. The minimum Gasteiger partial charge on any atom is -0.323 e. The van der Waals surface area contributed by atoms with E-state index in [1.54, 1.807) is 0 Å². The summed E-state index contributed by atoms with van der Waals surface area (Å²) in [4.78, 5) is 19.7. The van der Waals surface area contributed by atoms with Crippen LogP contribution in [0.4, 0.5) is 24.5 Å². The lowest BCUT2D eigenvalue weighted by Gasteiger charge is -2.09. The van der Waals surface area contributed by atoms with E-state index in [0.717, 1.165) is 13.8 Å². The zero-order chi connectivity index (χ0) is 13.3. The fourth-order valence-corrected chi connectivity index (χ4v) is 1.25. The van der Waals surface area contributed by atoms with Gasteiger partial charge in [-0.05, 0) is 6.92 Å². The van der Waals surface area contributed by atoms with Gasteiger partial charge in [-0.25, -0.2) is 4.39 Å². The number of halogens is 3. The topological polar surface area (TPSA) is 72.2 Å². The lowest BCUT2D eigenvalue weighted by Crippen LogP contribution is -2.13. The van der Waals surface area contributed by atoms with E-state index in [1.165, 1.54) is 0 Å². The first-order chi connectivity index (χ1) is 7.77. The van der Waals surface area contributed by atoms with Crippen LogP contribution in [0.1, 0.15) is 12.5 Å². The fourth-order valence-electron chi connectivity index (χ4n) is 1.25. The summed E-state index contributed by atoms with van der Waals surface area (Å²) >= 11 is 0. The number of hydrogen-bond donors (Lipinski definition) is 1. The van der Waals surface area contributed by atoms with Crippen LogP contribution in [0.25, 0.3) is 0 Å². The predicted molar refractivity (Wildman–Crippen MR) is 52.0 cm³/mol. The SMILES string of the molecule is CC(=O)Nc1c(C)c(F)c([N+](=O)[O-])c(F)c1F. The maximum absolute atomic E-state index is 13.4. The molecule has 0 fully saturated rings. The van der Waals surface area contributed by atoms with Crippen LogP contribution in [0.2, 0.25) is 0 Å². The second kappa shape index (κ2) is 4.40. The first-order valence-corrected chi connectivity index (χ1v) is 4.36. The summed E-state index contributed by atoms with van der Waals surface area (Å²) in [5.41, 5.74) is -2.85. The van der Waals surface area contributed by atoms with Gasteiger partial charge in [0.15, 0.2) is 5.82 Å². The Morgan fingerprint density at radius 2 is 1.76 bits per heavy atom. The average molecular weight is 248 g/mol. The van der Waals surface area contributed by atoms with Crippen LogP contribution in [0.15, 0.2) is 0 Å². The Hall–Kier alpha value is -2.12. The van der Waals surface area contributed by atoms with Crippen molar-refractivity contribution in [1.29, 1.82) is 0 Å². The van der Waals surface area contributed by atoms with Crippen LogP contribution < -0.4 is 5.32 Å². The number of carbonyl (C=O) groups is 1. The summed E-state index contributed by atoms with van der Waals surface area (Å²) < 4.78 is 40.0. The molecule has 1 rings (SSSR count). The molecule has 17 heavy (non-hydrogen) atoms. The minimum absolute atomic E-state index is 0.536. The summed E-state index contributed by atoms with van der Waals surface area (Å²) in [7, 11) is 0. The van der Waals surface area contributed by atoms with Gasteiger partial charge < -0.3 is 5.32 Å². The molecule has 0 heterocycles. The molecule has 0 unspecified atom stereocenters. The number of nitro benzene ring substituents is 1. The summed E-state index contributed by atoms with van der Waals surface area (Å²) in [6, 6.07) is 0. The molecule has 1 aromatic carbocycles. The van der Waals surface area contributed by atoms with Crippen molar-refractivity contribution in [3.8, 4) is 0 Å². The van der Waals surface area contributed by atoms with Gasteiger partial charge in [0.25, 0.3) is 0 Å². The molecular formula is C9H7F3N2O3. The average Bonchev–Trinajstić information content (AvgIpc) is 2.21. The van der Waals surface area contributed by atoms with Crippen LogP contribution in [0, 0.1) is 34.5 Å². The van der Waals surface area contributed by atoms with Crippen molar-refractivity contribution in [2.24, 2.45) is 0 Å². The number of nitrogens with one attached hydrogen (secondary N) is 1. The molecule has 0 saturated carbocycles. The first-order valence-electron chi connectivity index (χ1n) is 4.36. The van der Waals surface area contributed by atoms with E-state index < -0.39 is 45.2 Å². The lowest BCUT2D eigenvalue weighted by molar-refractivity contribution is -0.390. The number of carbonyl (C=O) groups excluding carboxylic acids is 1. The third kappa shape index (κ3) is 2.19. The number of nitro groups is 1. The Balaban J connectivity index is 3.58. The Labute approximate surface area is 93.4 Å².